The number of carbonyl (C=O) groups excluding carboxylic acids is 1. The molecule has 3 N–H and O–H groups in total. The number of non-ortho nitro benzene ring substituents is 1. The number of nitro benzene ring substituents is 1. The Balaban J connectivity index is 1.77. The Hall–Kier alpha value is -2.15. The number of nitrogens with one attached hydrogen (secondary N) is 2. The number of amides is 2. The van der Waals surface area contributed by atoms with E-state index < -0.39 is 4.92 Å². The number of aliphatic hydroxyl groups is 1. The summed E-state index contributed by atoms with van der Waals surface area (Å²) < 4.78 is 0. The van der Waals surface area contributed by atoms with Gasteiger partial charge in [-0.1, -0.05) is 31.9 Å². The lowest BCUT2D eigenvalue weighted by molar-refractivity contribution is -0.384. The lowest BCUT2D eigenvalue weighted by Gasteiger charge is -2.38. The van der Waals surface area contributed by atoms with Crippen molar-refractivity contribution < 1.29 is 14.8 Å². The predicted octanol–water partition coefficient (Wildman–Crippen LogP) is 2.34. The molecular weight excluding hydrogens is 298 g/mol. The van der Waals surface area contributed by atoms with E-state index in [9.17, 15) is 20.0 Å². The molecule has 0 radical (unpaired) electrons. The maximum absolute atomic E-state index is 11.9. The summed E-state index contributed by atoms with van der Waals surface area (Å²) in [7, 11) is 0. The summed E-state index contributed by atoms with van der Waals surface area (Å²) in [4.78, 5) is 22.0. The fraction of sp³-hybridized carbons (Fsp3) is 0.562. The molecule has 1 aliphatic rings. The van der Waals surface area contributed by atoms with Crippen LogP contribution in [-0.2, 0) is 6.54 Å². The molecule has 1 saturated carbocycles. The SMILES string of the molecule is CC1(CNC(=O)NCc2ccc([N+](=O)[O-])cc2)CCCCC1O. The third kappa shape index (κ3) is 4.66. The molecule has 1 aromatic carbocycles. The molecule has 2 atom stereocenters. The van der Waals surface area contributed by atoms with Crippen LogP contribution in [0, 0.1) is 15.5 Å². The number of rotatable bonds is 5. The van der Waals surface area contributed by atoms with Crippen LogP contribution in [-0.4, -0.2) is 28.7 Å². The van der Waals surface area contributed by atoms with E-state index in [1.165, 1.54) is 12.1 Å². The van der Waals surface area contributed by atoms with Crippen LogP contribution in [0.25, 0.3) is 0 Å². The highest BCUT2D eigenvalue weighted by atomic mass is 16.6. The van der Waals surface area contributed by atoms with Gasteiger partial charge in [0.1, 0.15) is 0 Å². The van der Waals surface area contributed by atoms with Gasteiger partial charge in [0.2, 0.25) is 0 Å². The number of aliphatic hydroxyl groups excluding tert-OH is 1. The molecule has 0 saturated heterocycles. The van der Waals surface area contributed by atoms with E-state index in [0.717, 1.165) is 31.2 Å². The van der Waals surface area contributed by atoms with Gasteiger partial charge in [-0.25, -0.2) is 4.79 Å². The first-order valence-corrected chi connectivity index (χ1v) is 7.84. The molecule has 126 valence electrons. The molecule has 23 heavy (non-hydrogen) atoms. The van der Waals surface area contributed by atoms with Gasteiger partial charge in [0, 0.05) is 30.6 Å². The van der Waals surface area contributed by atoms with E-state index >= 15 is 0 Å². The van der Waals surface area contributed by atoms with Crippen LogP contribution in [0.1, 0.15) is 38.2 Å². The van der Waals surface area contributed by atoms with Crippen LogP contribution in [0.15, 0.2) is 24.3 Å². The molecule has 0 bridgehead atoms. The molecule has 1 aromatic rings. The fourth-order valence-electron chi connectivity index (χ4n) is 2.85. The standard InChI is InChI=1S/C16H23N3O4/c1-16(9-3-2-4-14(16)20)11-18-15(21)17-10-12-5-7-13(8-6-12)19(22)23/h5-8,14,20H,2-4,9-11H2,1H3,(H2,17,18,21). The third-order valence-corrected chi connectivity index (χ3v) is 4.53. The fourth-order valence-corrected chi connectivity index (χ4v) is 2.85. The molecule has 0 aromatic heterocycles. The van der Waals surface area contributed by atoms with Crippen LogP contribution in [0.5, 0.6) is 0 Å². The number of urea groups is 1. The highest BCUT2D eigenvalue weighted by Gasteiger charge is 2.35. The molecule has 2 amide bonds. The summed E-state index contributed by atoms with van der Waals surface area (Å²) in [6.07, 6.45) is 3.40. The van der Waals surface area contributed by atoms with Crippen molar-refractivity contribution in [3.05, 3.63) is 39.9 Å². The zero-order valence-corrected chi connectivity index (χ0v) is 13.2. The molecule has 2 unspecified atom stereocenters. The summed E-state index contributed by atoms with van der Waals surface area (Å²) in [6, 6.07) is 5.75. The average molecular weight is 321 g/mol. The molecule has 0 aliphatic heterocycles. The van der Waals surface area contributed by atoms with Gasteiger partial charge in [0.25, 0.3) is 5.69 Å². The van der Waals surface area contributed by atoms with Gasteiger partial charge in [0.05, 0.1) is 11.0 Å². The predicted molar refractivity (Wildman–Crippen MR) is 85.9 cm³/mol. The van der Waals surface area contributed by atoms with E-state index in [4.69, 9.17) is 0 Å². The normalized spacial score (nSPS) is 24.0. The van der Waals surface area contributed by atoms with E-state index in [2.05, 4.69) is 10.6 Å². The highest BCUT2D eigenvalue weighted by molar-refractivity contribution is 5.73. The Labute approximate surface area is 135 Å². The number of hydrogen-bond acceptors (Lipinski definition) is 4. The number of hydrogen-bond donors (Lipinski definition) is 3. The molecule has 1 fully saturated rings. The zero-order valence-electron chi connectivity index (χ0n) is 13.2. The largest absolute Gasteiger partial charge is 0.392 e. The molecule has 7 heteroatoms. The number of nitro groups is 1. The summed E-state index contributed by atoms with van der Waals surface area (Å²) in [5.74, 6) is 0. The number of benzene rings is 1. The van der Waals surface area contributed by atoms with Crippen molar-refractivity contribution in [1.29, 1.82) is 0 Å². The second-order valence-electron chi connectivity index (χ2n) is 6.38. The quantitative estimate of drug-likeness (QED) is 0.572. The molecule has 1 aliphatic carbocycles. The smallest absolute Gasteiger partial charge is 0.315 e. The van der Waals surface area contributed by atoms with Crippen molar-refractivity contribution in [2.45, 2.75) is 45.3 Å². The zero-order chi connectivity index (χ0) is 16.9. The van der Waals surface area contributed by atoms with Gasteiger partial charge in [-0.2, -0.15) is 0 Å². The maximum Gasteiger partial charge on any atom is 0.315 e. The van der Waals surface area contributed by atoms with E-state index in [0.29, 0.717) is 13.1 Å². The first-order valence-electron chi connectivity index (χ1n) is 7.84. The van der Waals surface area contributed by atoms with Gasteiger partial charge in [-0.3, -0.25) is 10.1 Å². The van der Waals surface area contributed by atoms with Gasteiger partial charge in [-0.05, 0) is 18.4 Å². The second-order valence-corrected chi connectivity index (χ2v) is 6.38. The van der Waals surface area contributed by atoms with Crippen molar-refractivity contribution in [2.75, 3.05) is 6.54 Å². The van der Waals surface area contributed by atoms with Crippen LogP contribution in [0.2, 0.25) is 0 Å². The van der Waals surface area contributed by atoms with Gasteiger partial charge in [-0.15, -0.1) is 0 Å². The Kier molecular flexibility index (Phi) is 5.54. The average Bonchev–Trinajstić information content (AvgIpc) is 2.54. The number of carbonyl (C=O) groups is 1. The monoisotopic (exact) mass is 321 g/mol. The Bertz CT molecular complexity index is 561. The van der Waals surface area contributed by atoms with Crippen molar-refractivity contribution >= 4 is 11.7 Å². The van der Waals surface area contributed by atoms with Crippen LogP contribution in [0.3, 0.4) is 0 Å². The Morgan fingerprint density at radius 3 is 2.65 bits per heavy atom. The summed E-state index contributed by atoms with van der Waals surface area (Å²) in [6.45, 7) is 2.72. The van der Waals surface area contributed by atoms with E-state index in [1.54, 1.807) is 12.1 Å². The van der Waals surface area contributed by atoms with Crippen LogP contribution >= 0.6 is 0 Å². The van der Waals surface area contributed by atoms with Crippen molar-refractivity contribution in [3.8, 4) is 0 Å². The minimum Gasteiger partial charge on any atom is -0.392 e. The lowest BCUT2D eigenvalue weighted by Crippen LogP contribution is -2.47. The van der Waals surface area contributed by atoms with Gasteiger partial charge >= 0.3 is 6.03 Å². The molecule has 0 heterocycles. The molecule has 0 spiro atoms. The Morgan fingerprint density at radius 1 is 1.35 bits per heavy atom. The van der Waals surface area contributed by atoms with Crippen molar-refractivity contribution in [2.24, 2.45) is 5.41 Å². The van der Waals surface area contributed by atoms with E-state index in [-0.39, 0.29) is 23.2 Å². The van der Waals surface area contributed by atoms with Crippen molar-refractivity contribution in [3.63, 3.8) is 0 Å². The summed E-state index contributed by atoms with van der Waals surface area (Å²) in [5.41, 5.74) is 0.537. The second kappa shape index (κ2) is 7.41. The Morgan fingerprint density at radius 2 is 2.04 bits per heavy atom. The van der Waals surface area contributed by atoms with Gasteiger partial charge < -0.3 is 15.7 Å². The minimum absolute atomic E-state index is 0.0254. The van der Waals surface area contributed by atoms with Gasteiger partial charge in [0.15, 0.2) is 0 Å². The third-order valence-electron chi connectivity index (χ3n) is 4.53. The minimum atomic E-state index is -0.458. The highest BCUT2D eigenvalue weighted by Crippen LogP contribution is 2.35. The summed E-state index contributed by atoms with van der Waals surface area (Å²) >= 11 is 0. The molecule has 2 rings (SSSR count). The van der Waals surface area contributed by atoms with Crippen LogP contribution in [0.4, 0.5) is 10.5 Å². The first kappa shape index (κ1) is 17.2. The lowest BCUT2D eigenvalue weighted by atomic mass is 9.73. The topological polar surface area (TPSA) is 104 Å². The maximum atomic E-state index is 11.9. The van der Waals surface area contributed by atoms with Crippen LogP contribution < -0.4 is 10.6 Å². The molecule has 7 nitrogen and oxygen atoms in total. The summed E-state index contributed by atoms with van der Waals surface area (Å²) in [5, 5.41) is 26.2. The first-order chi connectivity index (χ1) is 10.9. The van der Waals surface area contributed by atoms with E-state index in [1.807, 2.05) is 6.92 Å². The van der Waals surface area contributed by atoms with Crippen molar-refractivity contribution in [1.82, 2.24) is 10.6 Å². The molecular formula is C16H23N3O4. The number of nitrogens with zero attached hydrogens (tertiary/aromatic N) is 1.